The van der Waals surface area contributed by atoms with Crippen LogP contribution in [0, 0.1) is 27.7 Å². The second kappa shape index (κ2) is 16.9. The Morgan fingerprint density at radius 1 is 0.792 bits per heavy atom. The molecule has 0 saturated carbocycles. The van der Waals surface area contributed by atoms with Crippen molar-refractivity contribution in [1.29, 1.82) is 0 Å². The number of carbonyl (C=O) groups excluding carboxylic acids is 3. The first-order chi connectivity index (χ1) is 22.7. The van der Waals surface area contributed by atoms with Gasteiger partial charge in [0.2, 0.25) is 0 Å². The number of para-hydroxylation sites is 2. The van der Waals surface area contributed by atoms with E-state index in [1.54, 1.807) is 0 Å². The molecule has 1 aromatic heterocycles. The maximum atomic E-state index is 13.6. The zero-order valence-corrected chi connectivity index (χ0v) is 28.9. The van der Waals surface area contributed by atoms with Crippen molar-refractivity contribution in [2.45, 2.75) is 40.5 Å². The molecule has 0 radical (unpaired) electrons. The van der Waals surface area contributed by atoms with E-state index in [2.05, 4.69) is 31.7 Å². The second-order valence-electron chi connectivity index (χ2n) is 10.5. The summed E-state index contributed by atoms with van der Waals surface area (Å²) in [5.41, 5.74) is 23.8. The molecule has 3 rings (SSSR count). The highest BCUT2D eigenvalue weighted by Gasteiger charge is 2.26. The lowest BCUT2D eigenvalue weighted by molar-refractivity contribution is -0.110. The van der Waals surface area contributed by atoms with Gasteiger partial charge in [-0.15, -0.1) is 0 Å². The van der Waals surface area contributed by atoms with Gasteiger partial charge in [-0.05, 0) is 80.5 Å². The molecule has 16 heteroatoms. The number of hydrazone groups is 1. The highest BCUT2D eigenvalue weighted by Crippen LogP contribution is 2.25. The van der Waals surface area contributed by atoms with Gasteiger partial charge in [-0.1, -0.05) is 36.4 Å². The Balaban J connectivity index is 2.21. The molecule has 0 atom stereocenters. The van der Waals surface area contributed by atoms with Crippen LogP contribution >= 0.6 is 24.4 Å². The van der Waals surface area contributed by atoms with Gasteiger partial charge >= 0.3 is 11.9 Å². The van der Waals surface area contributed by atoms with Gasteiger partial charge in [-0.2, -0.15) is 5.10 Å². The Hall–Kier alpha value is -5.48. The SMILES string of the molecule is COC(=O)c1cc(C(=O)OC)c(CC(=NNC(N)=S)C(=O)Nc2c(C)cccc2C)nc1CC(=Nc1c(C)cccc1C)NNC(N)=S. The minimum Gasteiger partial charge on any atom is -0.465 e. The summed E-state index contributed by atoms with van der Waals surface area (Å²) in [6.45, 7) is 7.49. The first kappa shape index (κ1) is 37.0. The zero-order valence-electron chi connectivity index (χ0n) is 27.3. The Morgan fingerprint density at radius 3 is 1.81 bits per heavy atom. The third kappa shape index (κ3) is 9.76. The highest BCUT2D eigenvalue weighted by molar-refractivity contribution is 7.80. The summed E-state index contributed by atoms with van der Waals surface area (Å²) < 4.78 is 10.0. The number of esters is 2. The van der Waals surface area contributed by atoms with Crippen LogP contribution in [0.5, 0.6) is 0 Å². The van der Waals surface area contributed by atoms with Crippen LogP contribution in [0.3, 0.4) is 0 Å². The number of thiocarbonyl (C=S) groups is 2. The van der Waals surface area contributed by atoms with Gasteiger partial charge in [-0.25, -0.2) is 14.6 Å². The van der Waals surface area contributed by atoms with E-state index in [9.17, 15) is 14.4 Å². The number of amidine groups is 1. The van der Waals surface area contributed by atoms with E-state index in [4.69, 9.17) is 50.4 Å². The average molecular weight is 692 g/mol. The van der Waals surface area contributed by atoms with Crippen molar-refractivity contribution in [1.82, 2.24) is 21.3 Å². The lowest BCUT2D eigenvalue weighted by Gasteiger charge is -2.17. The monoisotopic (exact) mass is 691 g/mol. The van der Waals surface area contributed by atoms with Crippen LogP contribution in [0.4, 0.5) is 11.4 Å². The number of amides is 1. The first-order valence-electron chi connectivity index (χ1n) is 14.4. The van der Waals surface area contributed by atoms with Gasteiger partial charge in [0, 0.05) is 12.1 Å². The van der Waals surface area contributed by atoms with E-state index in [1.807, 2.05) is 64.1 Å². The molecule has 0 bridgehead atoms. The molecular weight excluding hydrogens is 655 g/mol. The molecule has 1 amide bonds. The van der Waals surface area contributed by atoms with Crippen LogP contribution in [-0.4, -0.2) is 58.8 Å². The molecule has 8 N–H and O–H groups in total. The Morgan fingerprint density at radius 2 is 1.31 bits per heavy atom. The Bertz CT molecular complexity index is 1790. The van der Waals surface area contributed by atoms with Crippen LogP contribution in [0.1, 0.15) is 54.4 Å². The smallest absolute Gasteiger partial charge is 0.339 e. The van der Waals surface area contributed by atoms with Crippen LogP contribution < -0.4 is 33.1 Å². The molecule has 0 saturated heterocycles. The maximum absolute atomic E-state index is 13.6. The van der Waals surface area contributed by atoms with Crippen molar-refractivity contribution in [3.63, 3.8) is 0 Å². The van der Waals surface area contributed by atoms with E-state index in [-0.39, 0.29) is 57.1 Å². The standard InChI is InChI=1S/C32H37N9O5S2/c1-16-9-7-10-17(2)26(16)36-25(39-41-32(34)48)15-23-21(30(44)46-6)13-20(29(43)45-5)22(35-23)14-24(38-40-31(33)47)28(42)37-27-18(3)11-8-12-19(27)4/h7-13H,14-15H2,1-6H3,(H,36,39)(H,37,42)(H3,33,40,47)(H3,34,41,48). The van der Waals surface area contributed by atoms with Gasteiger partial charge in [0.25, 0.3) is 5.91 Å². The minimum atomic E-state index is -0.816. The number of carbonyl (C=O) groups is 3. The zero-order chi connectivity index (χ0) is 35.5. The number of aryl methyl sites for hydroxylation is 4. The van der Waals surface area contributed by atoms with E-state index >= 15 is 0 Å². The molecule has 0 spiro atoms. The van der Waals surface area contributed by atoms with Gasteiger partial charge in [-0.3, -0.25) is 26.1 Å². The van der Waals surface area contributed by atoms with Crippen LogP contribution in [-0.2, 0) is 27.1 Å². The molecule has 0 aliphatic heterocycles. The number of rotatable bonds is 10. The quantitative estimate of drug-likeness (QED) is 0.0595. The fourth-order valence-corrected chi connectivity index (χ4v) is 4.70. The summed E-state index contributed by atoms with van der Waals surface area (Å²) in [5.74, 6) is -1.94. The molecule has 1 heterocycles. The summed E-state index contributed by atoms with van der Waals surface area (Å²) in [6.07, 6.45) is -0.415. The normalized spacial score (nSPS) is 11.3. The Labute approximate surface area is 288 Å². The number of nitrogens with two attached hydrogens (primary N) is 2. The predicted molar refractivity (Wildman–Crippen MR) is 192 cm³/mol. The minimum absolute atomic E-state index is 0.0484. The molecule has 48 heavy (non-hydrogen) atoms. The molecule has 0 fully saturated rings. The summed E-state index contributed by atoms with van der Waals surface area (Å²) in [5, 5.41) is 6.72. The molecule has 2 aromatic carbocycles. The van der Waals surface area contributed by atoms with E-state index in [1.165, 1.54) is 20.3 Å². The highest BCUT2D eigenvalue weighted by atomic mass is 32.1. The van der Waals surface area contributed by atoms with Crippen LogP contribution in [0.15, 0.2) is 52.6 Å². The number of aliphatic imine (C=N–C) groups is 1. The van der Waals surface area contributed by atoms with Crippen molar-refractivity contribution in [3.8, 4) is 0 Å². The number of hydrogen-bond acceptors (Lipinski definition) is 10. The number of nitrogens with one attached hydrogen (secondary N) is 4. The molecule has 252 valence electrons. The number of anilines is 1. The van der Waals surface area contributed by atoms with Gasteiger partial charge < -0.3 is 26.3 Å². The predicted octanol–water partition coefficient (Wildman–Crippen LogP) is 2.87. The first-order valence-corrected chi connectivity index (χ1v) is 15.2. The topological polar surface area (TPSA) is 207 Å². The number of hydrazine groups is 1. The van der Waals surface area contributed by atoms with Crippen molar-refractivity contribution >= 4 is 75.4 Å². The number of methoxy groups -OCH3 is 2. The average Bonchev–Trinajstić information content (AvgIpc) is 3.04. The number of ether oxygens (including phenoxy) is 2. The summed E-state index contributed by atoms with van der Waals surface area (Å²) in [4.78, 5) is 49.2. The molecule has 14 nitrogen and oxygen atoms in total. The number of pyridine rings is 1. The van der Waals surface area contributed by atoms with Gasteiger partial charge in [0.1, 0.15) is 11.5 Å². The summed E-state index contributed by atoms with van der Waals surface area (Å²) >= 11 is 9.88. The largest absolute Gasteiger partial charge is 0.465 e. The molecule has 3 aromatic rings. The van der Waals surface area contributed by atoms with Crippen molar-refractivity contribution in [3.05, 3.63) is 87.2 Å². The fourth-order valence-electron chi connectivity index (χ4n) is 4.61. The molecule has 0 unspecified atom stereocenters. The lowest BCUT2D eigenvalue weighted by atomic mass is 10.0. The van der Waals surface area contributed by atoms with E-state index < -0.39 is 17.8 Å². The second-order valence-corrected chi connectivity index (χ2v) is 11.4. The molecule has 0 aliphatic carbocycles. The van der Waals surface area contributed by atoms with Crippen molar-refractivity contribution < 1.29 is 23.9 Å². The van der Waals surface area contributed by atoms with Crippen molar-refractivity contribution in [2.75, 3.05) is 19.5 Å². The van der Waals surface area contributed by atoms with Crippen LogP contribution in [0.2, 0.25) is 0 Å². The number of benzene rings is 2. The maximum Gasteiger partial charge on any atom is 0.339 e. The van der Waals surface area contributed by atoms with Gasteiger partial charge in [0.05, 0.1) is 48.8 Å². The third-order valence-electron chi connectivity index (χ3n) is 6.96. The number of nitrogens with zero attached hydrogens (tertiary/aromatic N) is 3. The van der Waals surface area contributed by atoms with Crippen molar-refractivity contribution in [2.24, 2.45) is 21.6 Å². The van der Waals surface area contributed by atoms with Crippen LogP contribution in [0.25, 0.3) is 0 Å². The van der Waals surface area contributed by atoms with E-state index in [0.717, 1.165) is 22.3 Å². The lowest BCUT2D eigenvalue weighted by Crippen LogP contribution is -2.45. The summed E-state index contributed by atoms with van der Waals surface area (Å²) in [7, 11) is 2.37. The third-order valence-corrected chi connectivity index (χ3v) is 7.15. The van der Waals surface area contributed by atoms with Gasteiger partial charge in [0.15, 0.2) is 10.2 Å². The number of hydrogen-bond donors (Lipinski definition) is 6. The molecular formula is C32H37N9O5S2. The summed E-state index contributed by atoms with van der Waals surface area (Å²) in [6, 6.07) is 12.5. The number of aromatic nitrogens is 1. The molecule has 0 aliphatic rings. The Kier molecular flexibility index (Phi) is 13.0. The fraction of sp³-hybridized carbons (Fsp3) is 0.250. The van der Waals surface area contributed by atoms with E-state index in [0.29, 0.717) is 11.4 Å².